The number of halogens is 2. The fourth-order valence-electron chi connectivity index (χ4n) is 2.46. The van der Waals surface area contributed by atoms with Gasteiger partial charge in [0, 0.05) is 4.47 Å². The van der Waals surface area contributed by atoms with Crippen molar-refractivity contribution in [3.63, 3.8) is 0 Å². The van der Waals surface area contributed by atoms with Crippen molar-refractivity contribution in [2.45, 2.75) is 39.3 Å². The molecule has 2 unspecified atom stereocenters. The van der Waals surface area contributed by atoms with E-state index in [1.807, 2.05) is 13.8 Å². The first-order valence-electron chi connectivity index (χ1n) is 6.89. The second kappa shape index (κ2) is 6.36. The molecule has 0 saturated carbocycles. The molecule has 1 fully saturated rings. The maximum Gasteiger partial charge on any atom is 0.250 e. The smallest absolute Gasteiger partial charge is 0.250 e. The minimum atomic E-state index is -0.576. The van der Waals surface area contributed by atoms with E-state index in [1.165, 1.54) is 4.90 Å². The first-order chi connectivity index (χ1) is 9.81. The number of amides is 2. The molecule has 1 heterocycles. The largest absolute Gasteiger partial charge is 0.342 e. The van der Waals surface area contributed by atoms with Gasteiger partial charge in [0.1, 0.15) is 12.1 Å². The second-order valence-corrected chi connectivity index (χ2v) is 6.99. The van der Waals surface area contributed by atoms with E-state index in [2.05, 4.69) is 21.2 Å². The molecular formula is C15H18BrClN2O2. The summed E-state index contributed by atoms with van der Waals surface area (Å²) in [5.74, 6) is 0.0413. The number of hydrogen-bond acceptors (Lipinski definition) is 2. The minimum absolute atomic E-state index is 0.115. The minimum Gasteiger partial charge on any atom is -0.342 e. The van der Waals surface area contributed by atoms with Crippen LogP contribution in [0.3, 0.4) is 0 Å². The monoisotopic (exact) mass is 372 g/mol. The van der Waals surface area contributed by atoms with Crippen LogP contribution in [0.1, 0.15) is 27.2 Å². The first kappa shape index (κ1) is 16.3. The molecule has 1 aliphatic heterocycles. The Labute approximate surface area is 138 Å². The molecule has 0 spiro atoms. The average Bonchev–Trinajstić information content (AvgIpc) is 2.39. The van der Waals surface area contributed by atoms with Gasteiger partial charge in [-0.05, 0) is 37.5 Å². The van der Waals surface area contributed by atoms with Gasteiger partial charge < -0.3 is 5.32 Å². The molecule has 2 atom stereocenters. The Balaban J connectivity index is 2.41. The molecule has 4 nitrogen and oxygen atoms in total. The van der Waals surface area contributed by atoms with Crippen LogP contribution in [0.25, 0.3) is 0 Å². The Morgan fingerprint density at radius 2 is 2.05 bits per heavy atom. The molecule has 2 amide bonds. The molecule has 1 aliphatic rings. The Hall–Kier alpha value is -1.07. The molecule has 114 valence electrons. The summed E-state index contributed by atoms with van der Waals surface area (Å²) in [5.41, 5.74) is 0.562. The molecule has 1 N–H and O–H groups in total. The zero-order chi connectivity index (χ0) is 15.7. The predicted octanol–water partition coefficient (Wildman–Crippen LogP) is 3.37. The molecule has 21 heavy (non-hydrogen) atoms. The molecule has 0 radical (unpaired) electrons. The van der Waals surface area contributed by atoms with Gasteiger partial charge in [-0.15, -0.1) is 0 Å². The molecular weight excluding hydrogens is 356 g/mol. The zero-order valence-corrected chi connectivity index (χ0v) is 14.5. The lowest BCUT2D eigenvalue weighted by molar-refractivity contribution is -0.133. The number of hydrogen-bond donors (Lipinski definition) is 1. The SMILES string of the molecule is CC(C)CC1NC(=O)C(C)N(c2cc(Br)ccc2Cl)C1=O. The number of piperazine rings is 1. The molecule has 1 aromatic carbocycles. The van der Waals surface area contributed by atoms with Crippen molar-refractivity contribution in [1.29, 1.82) is 0 Å². The number of anilines is 1. The maximum absolute atomic E-state index is 12.7. The number of nitrogens with zero attached hydrogens (tertiary/aromatic N) is 1. The third-order valence-electron chi connectivity index (χ3n) is 3.49. The molecule has 0 bridgehead atoms. The van der Waals surface area contributed by atoms with Crippen LogP contribution in [-0.4, -0.2) is 23.9 Å². The quantitative estimate of drug-likeness (QED) is 0.883. The Morgan fingerprint density at radius 1 is 1.38 bits per heavy atom. The molecule has 6 heteroatoms. The number of carbonyl (C=O) groups excluding carboxylic acids is 2. The highest BCUT2D eigenvalue weighted by Gasteiger charge is 2.39. The van der Waals surface area contributed by atoms with E-state index in [0.29, 0.717) is 23.0 Å². The van der Waals surface area contributed by atoms with Gasteiger partial charge in [-0.25, -0.2) is 0 Å². The van der Waals surface area contributed by atoms with E-state index in [1.54, 1.807) is 25.1 Å². The fraction of sp³-hybridized carbons (Fsp3) is 0.467. The van der Waals surface area contributed by atoms with Crippen LogP contribution in [0.5, 0.6) is 0 Å². The van der Waals surface area contributed by atoms with Gasteiger partial charge >= 0.3 is 0 Å². The summed E-state index contributed by atoms with van der Waals surface area (Å²) in [6.45, 7) is 5.75. The van der Waals surface area contributed by atoms with Crippen molar-refractivity contribution < 1.29 is 9.59 Å². The highest BCUT2D eigenvalue weighted by atomic mass is 79.9. The van der Waals surface area contributed by atoms with Gasteiger partial charge in [-0.3, -0.25) is 14.5 Å². The summed E-state index contributed by atoms with van der Waals surface area (Å²) in [6, 6.07) is 4.21. The summed E-state index contributed by atoms with van der Waals surface area (Å²) in [6.07, 6.45) is 0.611. The number of rotatable bonds is 3. The second-order valence-electron chi connectivity index (χ2n) is 5.67. The maximum atomic E-state index is 12.7. The summed E-state index contributed by atoms with van der Waals surface area (Å²) in [4.78, 5) is 26.4. The number of nitrogens with one attached hydrogen (secondary N) is 1. The van der Waals surface area contributed by atoms with E-state index in [0.717, 1.165) is 4.47 Å². The van der Waals surface area contributed by atoms with Gasteiger partial charge in [0.25, 0.3) is 0 Å². The van der Waals surface area contributed by atoms with Crippen LogP contribution >= 0.6 is 27.5 Å². The van der Waals surface area contributed by atoms with E-state index in [9.17, 15) is 9.59 Å². The van der Waals surface area contributed by atoms with Crippen molar-refractivity contribution in [3.05, 3.63) is 27.7 Å². The normalized spacial score (nSPS) is 22.7. The lowest BCUT2D eigenvalue weighted by Crippen LogP contribution is -2.63. The molecule has 2 rings (SSSR count). The lowest BCUT2D eigenvalue weighted by Gasteiger charge is -2.38. The highest BCUT2D eigenvalue weighted by molar-refractivity contribution is 9.10. The molecule has 1 aromatic rings. The van der Waals surface area contributed by atoms with Gasteiger partial charge in [-0.2, -0.15) is 0 Å². The van der Waals surface area contributed by atoms with Crippen molar-refractivity contribution >= 4 is 45.0 Å². The zero-order valence-electron chi connectivity index (χ0n) is 12.2. The standard InChI is InChI=1S/C15H18BrClN2O2/c1-8(2)6-12-15(21)19(9(3)14(20)18-12)13-7-10(16)4-5-11(13)17/h4-5,7-9,12H,6H2,1-3H3,(H,18,20). The third kappa shape index (κ3) is 3.40. The summed E-state index contributed by atoms with van der Waals surface area (Å²) in [7, 11) is 0. The van der Waals surface area contributed by atoms with Crippen molar-refractivity contribution in [2.75, 3.05) is 4.90 Å². The number of carbonyl (C=O) groups is 2. The van der Waals surface area contributed by atoms with E-state index in [4.69, 9.17) is 11.6 Å². The topological polar surface area (TPSA) is 49.4 Å². The van der Waals surface area contributed by atoms with Crippen molar-refractivity contribution in [1.82, 2.24) is 5.32 Å². The van der Waals surface area contributed by atoms with Crippen molar-refractivity contribution in [2.24, 2.45) is 5.92 Å². The number of benzene rings is 1. The van der Waals surface area contributed by atoms with Crippen LogP contribution in [-0.2, 0) is 9.59 Å². The molecule has 0 aliphatic carbocycles. The van der Waals surface area contributed by atoms with Gasteiger partial charge in [0.05, 0.1) is 10.7 Å². The molecule has 0 aromatic heterocycles. The van der Waals surface area contributed by atoms with Crippen LogP contribution in [0.2, 0.25) is 5.02 Å². The third-order valence-corrected chi connectivity index (χ3v) is 4.31. The molecule has 1 saturated heterocycles. The van der Waals surface area contributed by atoms with E-state index in [-0.39, 0.29) is 11.8 Å². The van der Waals surface area contributed by atoms with E-state index < -0.39 is 12.1 Å². The van der Waals surface area contributed by atoms with Gasteiger partial charge in [-0.1, -0.05) is 41.4 Å². The predicted molar refractivity (Wildman–Crippen MR) is 87.5 cm³/mol. The average molecular weight is 374 g/mol. The van der Waals surface area contributed by atoms with Crippen LogP contribution < -0.4 is 10.2 Å². The summed E-state index contributed by atoms with van der Waals surface area (Å²) >= 11 is 9.59. The van der Waals surface area contributed by atoms with Crippen LogP contribution in [0.4, 0.5) is 5.69 Å². The fourth-order valence-corrected chi connectivity index (χ4v) is 3.02. The van der Waals surface area contributed by atoms with Crippen LogP contribution in [0, 0.1) is 5.92 Å². The Bertz CT molecular complexity index is 577. The lowest BCUT2D eigenvalue weighted by atomic mass is 9.98. The van der Waals surface area contributed by atoms with Crippen molar-refractivity contribution in [3.8, 4) is 0 Å². The summed E-state index contributed by atoms with van der Waals surface area (Å²) in [5, 5.41) is 3.25. The van der Waals surface area contributed by atoms with Gasteiger partial charge in [0.15, 0.2) is 0 Å². The first-order valence-corrected chi connectivity index (χ1v) is 8.07. The highest BCUT2D eigenvalue weighted by Crippen LogP contribution is 2.32. The summed E-state index contributed by atoms with van der Waals surface area (Å²) < 4.78 is 0.813. The Morgan fingerprint density at radius 3 is 2.67 bits per heavy atom. The Kier molecular flexibility index (Phi) is 4.94. The van der Waals surface area contributed by atoms with Gasteiger partial charge in [0.2, 0.25) is 11.8 Å². The van der Waals surface area contributed by atoms with E-state index >= 15 is 0 Å². The van der Waals surface area contributed by atoms with Crippen LogP contribution in [0.15, 0.2) is 22.7 Å².